The number of ether oxygens (including phenoxy) is 1. The van der Waals surface area contributed by atoms with Crippen LogP contribution >= 0.6 is 0 Å². The average Bonchev–Trinajstić information content (AvgIpc) is 2.55. The van der Waals surface area contributed by atoms with E-state index in [0.29, 0.717) is 17.1 Å². The van der Waals surface area contributed by atoms with Crippen LogP contribution < -0.4 is 14.4 Å². The third-order valence-corrected chi connectivity index (χ3v) is 5.10. The Morgan fingerprint density at radius 2 is 1.88 bits per heavy atom. The Labute approximate surface area is 154 Å². The van der Waals surface area contributed by atoms with Gasteiger partial charge in [-0.3, -0.25) is 9.10 Å². The number of nitrogens with zero attached hydrogens (tertiary/aromatic N) is 1. The number of methoxy groups -OCH3 is 1. The minimum absolute atomic E-state index is 0.0393. The number of hydrogen-bond acceptors (Lipinski definition) is 4. The summed E-state index contributed by atoms with van der Waals surface area (Å²) in [6, 6.07) is 12.6. The molecule has 6 nitrogen and oxygen atoms in total. The highest BCUT2D eigenvalue weighted by Gasteiger charge is 2.20. The number of carbonyl (C=O) groups excluding carboxylic acids is 1. The molecule has 26 heavy (non-hydrogen) atoms. The molecule has 2 rings (SSSR count). The van der Waals surface area contributed by atoms with Crippen molar-refractivity contribution in [1.29, 1.82) is 0 Å². The van der Waals surface area contributed by atoms with Gasteiger partial charge in [0.1, 0.15) is 5.75 Å². The molecular weight excluding hydrogens is 352 g/mol. The normalized spacial score (nSPS) is 11.1. The fourth-order valence-corrected chi connectivity index (χ4v) is 3.66. The zero-order valence-electron chi connectivity index (χ0n) is 15.4. The monoisotopic (exact) mass is 376 g/mol. The third kappa shape index (κ3) is 5.23. The topological polar surface area (TPSA) is 75.7 Å². The summed E-state index contributed by atoms with van der Waals surface area (Å²) in [5.41, 5.74) is 3.10. The summed E-state index contributed by atoms with van der Waals surface area (Å²) in [7, 11) is -1.95. The smallest absolute Gasteiger partial charge is 0.232 e. The van der Waals surface area contributed by atoms with Gasteiger partial charge in [-0.15, -0.1) is 0 Å². The van der Waals surface area contributed by atoms with Crippen LogP contribution in [-0.4, -0.2) is 34.2 Å². The molecule has 0 heterocycles. The van der Waals surface area contributed by atoms with Crippen LogP contribution in [0, 0.1) is 13.8 Å². The maximum absolute atomic E-state index is 12.2. The third-order valence-electron chi connectivity index (χ3n) is 3.92. The minimum Gasteiger partial charge on any atom is -0.497 e. The molecule has 0 saturated carbocycles. The second-order valence-corrected chi connectivity index (χ2v) is 8.06. The predicted molar refractivity (Wildman–Crippen MR) is 104 cm³/mol. The van der Waals surface area contributed by atoms with E-state index in [1.807, 2.05) is 26.0 Å². The van der Waals surface area contributed by atoms with Crippen LogP contribution in [0.5, 0.6) is 5.75 Å². The molecule has 0 unspecified atom stereocenters. The zero-order valence-corrected chi connectivity index (χ0v) is 16.3. The van der Waals surface area contributed by atoms with Gasteiger partial charge in [0, 0.05) is 24.7 Å². The van der Waals surface area contributed by atoms with Crippen molar-refractivity contribution in [2.75, 3.05) is 29.5 Å². The molecule has 1 amide bonds. The number of nitrogens with one attached hydrogen (secondary N) is 1. The lowest BCUT2D eigenvalue weighted by atomic mass is 10.1. The lowest BCUT2D eigenvalue weighted by molar-refractivity contribution is -0.116. The number of anilines is 2. The number of hydrogen-bond donors (Lipinski definition) is 1. The summed E-state index contributed by atoms with van der Waals surface area (Å²) in [5, 5.41) is 2.76. The van der Waals surface area contributed by atoms with E-state index in [0.717, 1.165) is 17.4 Å². The van der Waals surface area contributed by atoms with Gasteiger partial charge < -0.3 is 10.1 Å². The minimum atomic E-state index is -3.50. The highest BCUT2D eigenvalue weighted by atomic mass is 32.2. The van der Waals surface area contributed by atoms with E-state index in [1.54, 1.807) is 37.4 Å². The van der Waals surface area contributed by atoms with Gasteiger partial charge in [0.15, 0.2) is 0 Å². The molecule has 140 valence electrons. The molecule has 2 aromatic carbocycles. The standard InChI is InChI=1S/C19H24N2O4S/c1-14-8-9-18(15(2)12-14)21(26(4,23)24)11-10-19(22)20-16-6-5-7-17(13-16)25-3/h5-9,12-13H,10-11H2,1-4H3,(H,20,22). The molecule has 0 aliphatic heterocycles. The first-order valence-electron chi connectivity index (χ1n) is 8.19. The molecule has 1 N–H and O–H groups in total. The average molecular weight is 376 g/mol. The largest absolute Gasteiger partial charge is 0.497 e. The van der Waals surface area contributed by atoms with Crippen LogP contribution in [0.4, 0.5) is 11.4 Å². The van der Waals surface area contributed by atoms with Crippen molar-refractivity contribution in [1.82, 2.24) is 0 Å². The molecule has 0 bridgehead atoms. The quantitative estimate of drug-likeness (QED) is 0.806. The Morgan fingerprint density at radius 1 is 1.15 bits per heavy atom. The summed E-state index contributed by atoms with van der Waals surface area (Å²) < 4.78 is 30.8. The van der Waals surface area contributed by atoms with Gasteiger partial charge in [-0.25, -0.2) is 8.42 Å². The molecule has 0 aliphatic carbocycles. The Morgan fingerprint density at radius 3 is 2.50 bits per heavy atom. The second kappa shape index (κ2) is 8.23. The number of carbonyl (C=O) groups is 1. The fraction of sp³-hybridized carbons (Fsp3) is 0.316. The highest BCUT2D eigenvalue weighted by Crippen LogP contribution is 2.24. The van der Waals surface area contributed by atoms with Crippen molar-refractivity contribution in [2.24, 2.45) is 0 Å². The summed E-state index contributed by atoms with van der Waals surface area (Å²) in [5.74, 6) is 0.368. The Balaban J connectivity index is 2.11. The zero-order chi connectivity index (χ0) is 19.3. The molecule has 0 radical (unpaired) electrons. The Kier molecular flexibility index (Phi) is 6.26. The van der Waals surface area contributed by atoms with E-state index in [2.05, 4.69) is 5.32 Å². The van der Waals surface area contributed by atoms with E-state index >= 15 is 0 Å². The van der Waals surface area contributed by atoms with Gasteiger partial charge in [0.25, 0.3) is 0 Å². The fourth-order valence-electron chi connectivity index (χ4n) is 2.68. The maximum atomic E-state index is 12.2. The van der Waals surface area contributed by atoms with Crippen molar-refractivity contribution >= 4 is 27.3 Å². The first-order valence-corrected chi connectivity index (χ1v) is 10.0. The van der Waals surface area contributed by atoms with Gasteiger partial charge in [0.2, 0.25) is 15.9 Å². The van der Waals surface area contributed by atoms with Gasteiger partial charge in [-0.2, -0.15) is 0 Å². The van der Waals surface area contributed by atoms with Crippen molar-refractivity contribution < 1.29 is 17.9 Å². The number of benzene rings is 2. The Hall–Kier alpha value is -2.54. The van der Waals surface area contributed by atoms with Crippen LogP contribution in [0.15, 0.2) is 42.5 Å². The maximum Gasteiger partial charge on any atom is 0.232 e. The lowest BCUT2D eigenvalue weighted by Gasteiger charge is -2.24. The molecule has 0 atom stereocenters. The summed E-state index contributed by atoms with van der Waals surface area (Å²) in [6.07, 6.45) is 1.18. The molecule has 0 spiro atoms. The molecule has 0 fully saturated rings. The SMILES string of the molecule is COc1cccc(NC(=O)CCN(c2ccc(C)cc2C)S(C)(=O)=O)c1. The first kappa shape index (κ1) is 19.8. The highest BCUT2D eigenvalue weighted by molar-refractivity contribution is 7.92. The number of amides is 1. The van der Waals surface area contributed by atoms with Crippen molar-refractivity contribution in [2.45, 2.75) is 20.3 Å². The van der Waals surface area contributed by atoms with E-state index in [9.17, 15) is 13.2 Å². The molecule has 0 aliphatic rings. The second-order valence-electron chi connectivity index (χ2n) is 6.16. The number of aryl methyl sites for hydroxylation is 2. The molecular formula is C19H24N2O4S. The number of sulfonamides is 1. The summed E-state index contributed by atoms with van der Waals surface area (Å²) >= 11 is 0. The lowest BCUT2D eigenvalue weighted by Crippen LogP contribution is -2.33. The summed E-state index contributed by atoms with van der Waals surface area (Å²) in [6.45, 7) is 3.87. The predicted octanol–water partition coefficient (Wildman–Crippen LogP) is 3.11. The van der Waals surface area contributed by atoms with Gasteiger partial charge in [0.05, 0.1) is 19.1 Å². The van der Waals surface area contributed by atoms with Crippen molar-refractivity contribution in [3.8, 4) is 5.75 Å². The van der Waals surface area contributed by atoms with Gasteiger partial charge in [-0.05, 0) is 37.6 Å². The van der Waals surface area contributed by atoms with Crippen LogP contribution in [0.3, 0.4) is 0 Å². The van der Waals surface area contributed by atoms with E-state index in [4.69, 9.17) is 4.74 Å². The Bertz CT molecular complexity index is 894. The molecule has 7 heteroatoms. The van der Waals surface area contributed by atoms with Crippen LogP contribution in [0.2, 0.25) is 0 Å². The molecule has 0 aromatic heterocycles. The molecule has 0 saturated heterocycles. The van der Waals surface area contributed by atoms with Crippen LogP contribution in [-0.2, 0) is 14.8 Å². The van der Waals surface area contributed by atoms with Crippen LogP contribution in [0.1, 0.15) is 17.5 Å². The van der Waals surface area contributed by atoms with E-state index in [-0.39, 0.29) is 18.9 Å². The van der Waals surface area contributed by atoms with E-state index in [1.165, 1.54) is 4.31 Å². The van der Waals surface area contributed by atoms with Gasteiger partial charge >= 0.3 is 0 Å². The number of rotatable bonds is 7. The van der Waals surface area contributed by atoms with Gasteiger partial charge in [-0.1, -0.05) is 23.8 Å². The first-order chi connectivity index (χ1) is 12.2. The van der Waals surface area contributed by atoms with Crippen molar-refractivity contribution in [3.63, 3.8) is 0 Å². The van der Waals surface area contributed by atoms with Crippen LogP contribution in [0.25, 0.3) is 0 Å². The molecule has 2 aromatic rings. The summed E-state index contributed by atoms with van der Waals surface area (Å²) in [4.78, 5) is 12.2. The van der Waals surface area contributed by atoms with E-state index < -0.39 is 10.0 Å². The van der Waals surface area contributed by atoms with Crippen molar-refractivity contribution in [3.05, 3.63) is 53.6 Å².